The van der Waals surface area contributed by atoms with Gasteiger partial charge in [0.15, 0.2) is 0 Å². The number of hydrogen-bond donors (Lipinski definition) is 0. The molecule has 0 N–H and O–H groups in total. The highest BCUT2D eigenvalue weighted by Gasteiger charge is 2.26. The molecule has 0 saturated carbocycles. The second-order valence-corrected chi connectivity index (χ2v) is 14.4. The number of benzene rings is 3. The molecule has 3 aromatic carbocycles. The second kappa shape index (κ2) is 20.0. The molecular weight excluding hydrogens is 718 g/mol. The molecule has 3 aromatic rings. The highest BCUT2D eigenvalue weighted by Crippen LogP contribution is 2.25. The summed E-state index contributed by atoms with van der Waals surface area (Å²) >= 11 is 25.0. The van der Waals surface area contributed by atoms with Gasteiger partial charge in [0, 0.05) is 65.4 Å². The average Bonchev–Trinajstić information content (AvgIpc) is 3.14. The highest BCUT2D eigenvalue weighted by molar-refractivity contribution is 6.42. The molecule has 0 aliphatic carbocycles. The summed E-state index contributed by atoms with van der Waals surface area (Å²) in [5.41, 5.74) is 2.79. The number of hydrogen-bond acceptors (Lipinski definition) is 6. The predicted octanol–water partition coefficient (Wildman–Crippen LogP) is 7.11. The van der Waals surface area contributed by atoms with Gasteiger partial charge in [0.25, 0.3) is 11.8 Å². The van der Waals surface area contributed by atoms with Crippen LogP contribution in [0, 0.1) is 0 Å². The molecule has 2 aliphatic heterocycles. The van der Waals surface area contributed by atoms with E-state index in [1.807, 2.05) is 46.2 Å². The van der Waals surface area contributed by atoms with E-state index in [9.17, 15) is 9.59 Å². The fourth-order valence-electron chi connectivity index (χ4n) is 6.36. The minimum atomic E-state index is -0.159. The van der Waals surface area contributed by atoms with Crippen molar-refractivity contribution < 1.29 is 19.1 Å². The summed E-state index contributed by atoms with van der Waals surface area (Å²) in [6.07, 6.45) is 2.82. The van der Waals surface area contributed by atoms with Crippen LogP contribution in [0.2, 0.25) is 20.1 Å². The summed E-state index contributed by atoms with van der Waals surface area (Å²) in [5, 5.41) is 1.96. The van der Waals surface area contributed by atoms with Crippen molar-refractivity contribution in [2.45, 2.75) is 25.7 Å². The third-order valence-corrected chi connectivity index (χ3v) is 10.8. The molecule has 270 valence electrons. The third-order valence-electron chi connectivity index (χ3n) is 9.28. The van der Waals surface area contributed by atoms with Crippen LogP contribution in [0.3, 0.4) is 0 Å². The van der Waals surface area contributed by atoms with Crippen molar-refractivity contribution in [3.05, 3.63) is 103 Å². The van der Waals surface area contributed by atoms with Crippen molar-refractivity contribution in [1.82, 2.24) is 19.6 Å². The van der Waals surface area contributed by atoms with Gasteiger partial charge >= 0.3 is 0 Å². The first-order valence-electron chi connectivity index (χ1n) is 17.4. The zero-order chi connectivity index (χ0) is 35.3. The van der Waals surface area contributed by atoms with Crippen molar-refractivity contribution in [3.63, 3.8) is 0 Å². The van der Waals surface area contributed by atoms with E-state index < -0.39 is 0 Å². The first kappa shape index (κ1) is 38.8. The molecule has 2 amide bonds. The fraction of sp³-hybridized carbons (Fsp3) is 0.474. The number of amides is 2. The van der Waals surface area contributed by atoms with Gasteiger partial charge in [0.2, 0.25) is 0 Å². The molecule has 8 nitrogen and oxygen atoms in total. The zero-order valence-corrected chi connectivity index (χ0v) is 31.5. The standard InChI is InChI=1S/C38H46Cl4N4O4/c39-33-9-7-29(27-35(33)41)11-17-45(15-3-13-43-19-23-49-24-20-43)37(47)31-5-1-2-6-32(31)38(48)46(16-4-14-44-21-25-50-26-22-44)18-12-30-8-10-34(40)36(42)28-30/h1-2,5-10,27-28H,3-4,11-26H2. The Balaban J connectivity index is 1.33. The van der Waals surface area contributed by atoms with Crippen molar-refractivity contribution >= 4 is 58.2 Å². The SMILES string of the molecule is O=C(c1ccccc1C(=O)N(CCCN1CCOCC1)CCc1ccc(Cl)c(Cl)c1)N(CCCN1CCOCC1)CCc1ccc(Cl)c(Cl)c1. The largest absolute Gasteiger partial charge is 0.379 e. The van der Waals surface area contributed by atoms with Crippen LogP contribution in [0.4, 0.5) is 0 Å². The summed E-state index contributed by atoms with van der Waals surface area (Å²) in [4.78, 5) is 37.3. The van der Waals surface area contributed by atoms with E-state index >= 15 is 0 Å². The van der Waals surface area contributed by atoms with Crippen LogP contribution in [0.1, 0.15) is 44.7 Å². The lowest BCUT2D eigenvalue weighted by atomic mass is 10.0. The van der Waals surface area contributed by atoms with Gasteiger partial charge in [-0.25, -0.2) is 0 Å². The first-order valence-corrected chi connectivity index (χ1v) is 19.0. The van der Waals surface area contributed by atoms with Crippen molar-refractivity contribution in [3.8, 4) is 0 Å². The maximum absolute atomic E-state index is 14.4. The maximum atomic E-state index is 14.4. The molecule has 0 aromatic heterocycles. The maximum Gasteiger partial charge on any atom is 0.254 e. The Kier molecular flexibility index (Phi) is 15.5. The molecular formula is C38H46Cl4N4O4. The van der Waals surface area contributed by atoms with Crippen LogP contribution in [0.15, 0.2) is 60.7 Å². The summed E-state index contributed by atoms with van der Waals surface area (Å²) in [6.45, 7) is 10.2. The van der Waals surface area contributed by atoms with E-state index in [1.165, 1.54) is 0 Å². The van der Waals surface area contributed by atoms with Crippen LogP contribution in [-0.2, 0) is 22.3 Å². The lowest BCUT2D eigenvalue weighted by Gasteiger charge is -2.30. The van der Waals surface area contributed by atoms with Gasteiger partial charge in [-0.3, -0.25) is 19.4 Å². The Morgan fingerprint density at radius 1 is 0.560 bits per heavy atom. The Morgan fingerprint density at radius 3 is 1.34 bits per heavy atom. The molecule has 0 bridgehead atoms. The van der Waals surface area contributed by atoms with Crippen LogP contribution in [0.5, 0.6) is 0 Å². The van der Waals surface area contributed by atoms with E-state index in [0.29, 0.717) is 70.2 Å². The molecule has 5 rings (SSSR count). The van der Waals surface area contributed by atoms with Gasteiger partial charge in [-0.15, -0.1) is 0 Å². The zero-order valence-electron chi connectivity index (χ0n) is 28.4. The van der Waals surface area contributed by atoms with E-state index in [2.05, 4.69) is 9.80 Å². The van der Waals surface area contributed by atoms with Gasteiger partial charge in [0.1, 0.15) is 0 Å². The summed E-state index contributed by atoms with van der Waals surface area (Å²) in [6, 6.07) is 18.3. The Hall–Kier alpha value is -2.40. The smallest absolute Gasteiger partial charge is 0.254 e. The monoisotopic (exact) mass is 762 g/mol. The molecule has 12 heteroatoms. The lowest BCUT2D eigenvalue weighted by Crippen LogP contribution is -2.41. The quantitative estimate of drug-likeness (QED) is 0.155. The van der Waals surface area contributed by atoms with E-state index in [4.69, 9.17) is 55.9 Å². The topological polar surface area (TPSA) is 65.6 Å². The summed E-state index contributed by atoms with van der Waals surface area (Å²) in [5.74, 6) is -0.317. The first-order chi connectivity index (χ1) is 24.3. The number of ether oxygens (including phenoxy) is 2. The number of halogens is 4. The Morgan fingerprint density at radius 2 is 0.960 bits per heavy atom. The summed E-state index contributed by atoms with van der Waals surface area (Å²) < 4.78 is 11.0. The summed E-state index contributed by atoms with van der Waals surface area (Å²) in [7, 11) is 0. The van der Waals surface area contributed by atoms with Crippen LogP contribution in [-0.4, -0.2) is 123 Å². The lowest BCUT2D eigenvalue weighted by molar-refractivity contribution is 0.0356. The molecule has 0 spiro atoms. The molecule has 50 heavy (non-hydrogen) atoms. The number of carbonyl (C=O) groups excluding carboxylic acids is 2. The van der Waals surface area contributed by atoms with Crippen molar-refractivity contribution in [2.24, 2.45) is 0 Å². The minimum Gasteiger partial charge on any atom is -0.379 e. The second-order valence-electron chi connectivity index (χ2n) is 12.7. The van der Waals surface area contributed by atoms with Crippen LogP contribution < -0.4 is 0 Å². The van der Waals surface area contributed by atoms with E-state index in [0.717, 1.165) is 89.7 Å². The number of carbonyl (C=O) groups is 2. The van der Waals surface area contributed by atoms with Gasteiger partial charge in [0.05, 0.1) is 57.6 Å². The van der Waals surface area contributed by atoms with E-state index in [-0.39, 0.29) is 11.8 Å². The van der Waals surface area contributed by atoms with Gasteiger partial charge < -0.3 is 19.3 Å². The Bertz CT molecular complexity index is 1450. The van der Waals surface area contributed by atoms with Crippen LogP contribution >= 0.6 is 46.4 Å². The van der Waals surface area contributed by atoms with Gasteiger partial charge in [-0.2, -0.15) is 0 Å². The molecule has 2 aliphatic rings. The van der Waals surface area contributed by atoms with Gasteiger partial charge in [-0.05, 0) is 73.2 Å². The molecule has 2 fully saturated rings. The number of morpholine rings is 2. The third kappa shape index (κ3) is 11.6. The molecule has 2 heterocycles. The van der Waals surface area contributed by atoms with E-state index in [1.54, 1.807) is 24.3 Å². The van der Waals surface area contributed by atoms with Crippen molar-refractivity contribution in [1.29, 1.82) is 0 Å². The molecule has 0 unspecified atom stereocenters. The van der Waals surface area contributed by atoms with Gasteiger partial charge in [-0.1, -0.05) is 70.7 Å². The average molecular weight is 765 g/mol. The number of nitrogens with zero attached hydrogens (tertiary/aromatic N) is 4. The number of rotatable bonds is 16. The van der Waals surface area contributed by atoms with Crippen LogP contribution in [0.25, 0.3) is 0 Å². The predicted molar refractivity (Wildman–Crippen MR) is 202 cm³/mol. The molecule has 0 radical (unpaired) electrons. The molecule has 0 atom stereocenters. The fourth-order valence-corrected chi connectivity index (χ4v) is 7.01. The Labute approximate surface area is 316 Å². The highest BCUT2D eigenvalue weighted by atomic mass is 35.5. The van der Waals surface area contributed by atoms with Crippen molar-refractivity contribution in [2.75, 3.05) is 91.9 Å². The minimum absolute atomic E-state index is 0.159. The molecule has 2 saturated heterocycles. The normalized spacial score (nSPS) is 15.6.